The summed E-state index contributed by atoms with van der Waals surface area (Å²) in [5, 5.41) is 8.52. The van der Waals surface area contributed by atoms with Crippen LogP contribution in [0.1, 0.15) is 26.2 Å². The van der Waals surface area contributed by atoms with E-state index in [0.29, 0.717) is 35.6 Å². The van der Waals surface area contributed by atoms with Crippen molar-refractivity contribution in [3.05, 3.63) is 5.89 Å². The summed E-state index contributed by atoms with van der Waals surface area (Å²) in [6.07, 6.45) is 1.29. The van der Waals surface area contributed by atoms with Gasteiger partial charge >= 0.3 is 0 Å². The Hall–Kier alpha value is -0.560. The quantitative estimate of drug-likeness (QED) is 0.770. The molecule has 0 N–H and O–H groups in total. The molecule has 102 valence electrons. The van der Waals surface area contributed by atoms with Crippen LogP contribution in [0.2, 0.25) is 0 Å². The average molecular weight is 290 g/mol. The summed E-state index contributed by atoms with van der Waals surface area (Å²) in [4.78, 5) is 0. The van der Waals surface area contributed by atoms with Crippen LogP contribution in [0.4, 0.5) is 0 Å². The third-order valence-electron chi connectivity index (χ3n) is 2.78. The van der Waals surface area contributed by atoms with Gasteiger partial charge < -0.3 is 4.42 Å². The number of hydrogen-bond donors (Lipinski definition) is 0. The molecule has 0 radical (unpaired) electrons. The molecule has 0 bridgehead atoms. The second-order valence-corrected chi connectivity index (χ2v) is 8.34. The fraction of sp³-hybridized carbons (Fsp3) is 0.818. The molecule has 0 unspecified atom stereocenters. The van der Waals surface area contributed by atoms with Gasteiger partial charge in [0.05, 0.1) is 11.5 Å². The normalized spacial score (nSPS) is 22.7. The molecule has 1 atom stereocenters. The molecule has 0 aliphatic carbocycles. The molecule has 1 saturated heterocycles. The predicted octanol–water partition coefficient (Wildman–Crippen LogP) is 1.79. The third kappa shape index (κ3) is 3.98. The molecule has 18 heavy (non-hydrogen) atoms. The van der Waals surface area contributed by atoms with Crippen molar-refractivity contribution in [3.63, 3.8) is 0 Å². The van der Waals surface area contributed by atoms with Crippen molar-refractivity contribution in [3.8, 4) is 0 Å². The minimum atomic E-state index is -2.83. The van der Waals surface area contributed by atoms with Gasteiger partial charge in [-0.25, -0.2) is 8.42 Å². The zero-order chi connectivity index (χ0) is 13.2. The standard InChI is InChI=1S/C11H18N2O3S2/c1-8(2)6-17-11-13-12-10(16-11)5-9-3-4-18(14,15)7-9/h8-9H,3-7H2,1-2H3/t9-/m1/s1. The Kier molecular flexibility index (Phi) is 4.32. The van der Waals surface area contributed by atoms with Gasteiger partial charge in [0.2, 0.25) is 5.89 Å². The molecule has 5 nitrogen and oxygen atoms in total. The molecular weight excluding hydrogens is 272 g/mol. The van der Waals surface area contributed by atoms with Crippen LogP contribution >= 0.6 is 11.8 Å². The Morgan fingerprint density at radius 1 is 1.44 bits per heavy atom. The monoisotopic (exact) mass is 290 g/mol. The van der Waals surface area contributed by atoms with Crippen molar-refractivity contribution in [2.75, 3.05) is 17.3 Å². The SMILES string of the molecule is CC(C)CSc1nnc(C[C@H]2CCS(=O)(=O)C2)o1. The molecule has 1 fully saturated rings. The van der Waals surface area contributed by atoms with Gasteiger partial charge in [0.1, 0.15) is 0 Å². The molecule has 0 amide bonds. The number of aromatic nitrogens is 2. The van der Waals surface area contributed by atoms with Gasteiger partial charge in [-0.15, -0.1) is 10.2 Å². The van der Waals surface area contributed by atoms with Gasteiger partial charge in [0, 0.05) is 12.2 Å². The van der Waals surface area contributed by atoms with E-state index in [0.717, 1.165) is 5.75 Å². The van der Waals surface area contributed by atoms with Gasteiger partial charge in [0.25, 0.3) is 5.22 Å². The van der Waals surface area contributed by atoms with Crippen LogP contribution in [0.5, 0.6) is 0 Å². The Balaban J connectivity index is 1.87. The summed E-state index contributed by atoms with van der Waals surface area (Å²) in [6, 6.07) is 0. The third-order valence-corrected chi connectivity index (χ3v) is 5.86. The summed E-state index contributed by atoms with van der Waals surface area (Å²) < 4.78 is 28.2. The first-order valence-corrected chi connectivity index (χ1v) is 8.91. The van der Waals surface area contributed by atoms with Crippen LogP contribution in [-0.2, 0) is 16.3 Å². The topological polar surface area (TPSA) is 73.1 Å². The minimum absolute atomic E-state index is 0.137. The lowest BCUT2D eigenvalue weighted by atomic mass is 10.1. The van der Waals surface area contributed by atoms with E-state index in [1.54, 1.807) is 11.8 Å². The first-order valence-electron chi connectivity index (χ1n) is 6.10. The van der Waals surface area contributed by atoms with E-state index in [2.05, 4.69) is 24.0 Å². The Labute approximate surface area is 112 Å². The van der Waals surface area contributed by atoms with Crippen molar-refractivity contribution in [2.45, 2.75) is 31.9 Å². The molecule has 1 aliphatic heterocycles. The molecule has 0 aromatic carbocycles. The maximum Gasteiger partial charge on any atom is 0.276 e. The van der Waals surface area contributed by atoms with E-state index >= 15 is 0 Å². The van der Waals surface area contributed by atoms with Crippen LogP contribution in [0.15, 0.2) is 9.64 Å². The Morgan fingerprint density at radius 2 is 2.22 bits per heavy atom. The van der Waals surface area contributed by atoms with E-state index in [4.69, 9.17) is 4.42 Å². The largest absolute Gasteiger partial charge is 0.416 e. The molecule has 1 aliphatic rings. The number of sulfone groups is 1. The van der Waals surface area contributed by atoms with E-state index in [-0.39, 0.29) is 11.7 Å². The number of nitrogens with zero attached hydrogens (tertiary/aromatic N) is 2. The first-order chi connectivity index (χ1) is 8.44. The summed E-state index contributed by atoms with van der Waals surface area (Å²) >= 11 is 1.55. The molecule has 0 spiro atoms. The lowest BCUT2D eigenvalue weighted by Crippen LogP contribution is -2.07. The number of hydrogen-bond acceptors (Lipinski definition) is 6. The molecule has 0 saturated carbocycles. The number of rotatable bonds is 5. The van der Waals surface area contributed by atoms with Crippen LogP contribution in [-0.4, -0.2) is 35.9 Å². The Morgan fingerprint density at radius 3 is 2.83 bits per heavy atom. The summed E-state index contributed by atoms with van der Waals surface area (Å²) in [5.74, 6) is 2.76. The van der Waals surface area contributed by atoms with Gasteiger partial charge in [-0.05, 0) is 18.3 Å². The average Bonchev–Trinajstić information content (AvgIpc) is 2.83. The van der Waals surface area contributed by atoms with Crippen LogP contribution in [0.25, 0.3) is 0 Å². The minimum Gasteiger partial charge on any atom is -0.416 e. The fourth-order valence-electron chi connectivity index (χ4n) is 1.90. The molecule has 1 aromatic heterocycles. The lowest BCUT2D eigenvalue weighted by Gasteiger charge is -2.02. The highest BCUT2D eigenvalue weighted by molar-refractivity contribution is 7.99. The molecule has 2 rings (SSSR count). The summed E-state index contributed by atoms with van der Waals surface area (Å²) in [5.41, 5.74) is 0. The summed E-state index contributed by atoms with van der Waals surface area (Å²) in [7, 11) is -2.83. The lowest BCUT2D eigenvalue weighted by molar-refractivity contribution is 0.389. The van der Waals surface area contributed by atoms with Crippen LogP contribution in [0.3, 0.4) is 0 Å². The molecule has 1 aromatic rings. The predicted molar refractivity (Wildman–Crippen MR) is 70.3 cm³/mol. The molecule has 2 heterocycles. The maximum atomic E-state index is 11.3. The van der Waals surface area contributed by atoms with Crippen LogP contribution < -0.4 is 0 Å². The maximum absolute atomic E-state index is 11.3. The highest BCUT2D eigenvalue weighted by Gasteiger charge is 2.29. The highest BCUT2D eigenvalue weighted by atomic mass is 32.2. The second-order valence-electron chi connectivity index (χ2n) is 5.14. The van der Waals surface area contributed by atoms with Crippen LogP contribution in [0, 0.1) is 11.8 Å². The zero-order valence-electron chi connectivity index (χ0n) is 10.6. The number of thioether (sulfide) groups is 1. The van der Waals surface area contributed by atoms with Crippen molar-refractivity contribution in [1.29, 1.82) is 0 Å². The van der Waals surface area contributed by atoms with Crippen molar-refractivity contribution >= 4 is 21.6 Å². The molecular formula is C11H18N2O3S2. The molecule has 7 heteroatoms. The Bertz CT molecular complexity index is 496. The smallest absolute Gasteiger partial charge is 0.276 e. The van der Waals surface area contributed by atoms with Gasteiger partial charge in [0.15, 0.2) is 9.84 Å². The first kappa shape index (κ1) is 13.9. The van der Waals surface area contributed by atoms with Crippen molar-refractivity contribution in [2.24, 2.45) is 11.8 Å². The van der Waals surface area contributed by atoms with E-state index in [1.165, 1.54) is 0 Å². The zero-order valence-corrected chi connectivity index (χ0v) is 12.3. The van der Waals surface area contributed by atoms with Gasteiger partial charge in [-0.3, -0.25) is 0 Å². The van der Waals surface area contributed by atoms with Gasteiger partial charge in [-0.1, -0.05) is 25.6 Å². The van der Waals surface area contributed by atoms with Crippen molar-refractivity contribution < 1.29 is 12.8 Å². The van der Waals surface area contributed by atoms with Crippen molar-refractivity contribution in [1.82, 2.24) is 10.2 Å². The summed E-state index contributed by atoms with van der Waals surface area (Å²) in [6.45, 7) is 4.27. The van der Waals surface area contributed by atoms with E-state index in [9.17, 15) is 8.42 Å². The second kappa shape index (κ2) is 5.61. The van der Waals surface area contributed by atoms with Gasteiger partial charge in [-0.2, -0.15) is 0 Å². The highest BCUT2D eigenvalue weighted by Crippen LogP contribution is 2.24. The van der Waals surface area contributed by atoms with E-state index < -0.39 is 9.84 Å². The fourth-order valence-corrected chi connectivity index (χ4v) is 4.49. The van der Waals surface area contributed by atoms with E-state index in [1.807, 2.05) is 0 Å².